The maximum absolute atomic E-state index is 14.7. The number of benzene rings is 2. The zero-order chi connectivity index (χ0) is 31.4. The van der Waals surface area contributed by atoms with Crippen molar-refractivity contribution in [2.24, 2.45) is 0 Å². The molecular weight excluding hydrogens is 597 g/mol. The summed E-state index contributed by atoms with van der Waals surface area (Å²) in [5.41, 5.74) is -2.48. The van der Waals surface area contributed by atoms with Crippen LogP contribution in [0.3, 0.4) is 0 Å². The van der Waals surface area contributed by atoms with E-state index in [4.69, 9.17) is 0 Å². The Labute approximate surface area is 244 Å². The average Bonchev–Trinajstić information content (AvgIpc) is 3.58. The number of nitrogens with one attached hydrogen (secondary N) is 1. The van der Waals surface area contributed by atoms with Crippen molar-refractivity contribution in [1.82, 2.24) is 25.0 Å². The fraction of sp³-hybridized carbons (Fsp3) is 0.241. The number of alkyl halides is 3. The average molecular weight is 619 g/mol. The molecule has 2 aromatic carbocycles. The standard InChI is InChI=1S/C29H21F7N6O2/c30-19-3-4-22(25(33)24(19)32)41-15-38-27(44)28(41)7-11-40(12-8-28)26(43)21-14-23(16-5-9-37-10-6-16)42(39-21)17-1-2-18(20(31)13-17)29(34,35)36/h1-6,9-10,13-14H,7-8,11-12,15H2,(H,38,44). The zero-order valence-electron chi connectivity index (χ0n) is 22.5. The minimum absolute atomic E-state index is 0.000404. The number of aromatic nitrogens is 3. The van der Waals surface area contributed by atoms with E-state index in [-0.39, 0.29) is 55.4 Å². The molecule has 1 spiro atoms. The molecule has 228 valence electrons. The third-order valence-electron chi connectivity index (χ3n) is 7.93. The van der Waals surface area contributed by atoms with E-state index in [1.54, 1.807) is 12.1 Å². The second-order valence-corrected chi connectivity index (χ2v) is 10.3. The third kappa shape index (κ3) is 4.81. The molecule has 4 heterocycles. The Morgan fingerprint density at radius 3 is 2.25 bits per heavy atom. The van der Waals surface area contributed by atoms with Gasteiger partial charge >= 0.3 is 6.18 Å². The van der Waals surface area contributed by atoms with Crippen LogP contribution in [0.25, 0.3) is 16.9 Å². The van der Waals surface area contributed by atoms with E-state index >= 15 is 0 Å². The summed E-state index contributed by atoms with van der Waals surface area (Å²) in [6.07, 6.45) is -1.95. The summed E-state index contributed by atoms with van der Waals surface area (Å²) in [6, 6.07) is 8.67. The zero-order valence-corrected chi connectivity index (χ0v) is 22.5. The predicted molar refractivity (Wildman–Crippen MR) is 141 cm³/mol. The molecule has 2 fully saturated rings. The summed E-state index contributed by atoms with van der Waals surface area (Å²) in [4.78, 5) is 33.2. The summed E-state index contributed by atoms with van der Waals surface area (Å²) in [6.45, 7) is -0.154. The van der Waals surface area contributed by atoms with Gasteiger partial charge in [-0.2, -0.15) is 18.3 Å². The molecule has 6 rings (SSSR count). The van der Waals surface area contributed by atoms with Gasteiger partial charge in [0.1, 0.15) is 11.4 Å². The fourth-order valence-electron chi connectivity index (χ4n) is 5.64. The van der Waals surface area contributed by atoms with Crippen molar-refractivity contribution >= 4 is 17.5 Å². The van der Waals surface area contributed by atoms with Crippen LogP contribution in [0.1, 0.15) is 28.9 Å². The van der Waals surface area contributed by atoms with Gasteiger partial charge < -0.3 is 15.1 Å². The number of carbonyl (C=O) groups excluding carboxylic acids is 2. The largest absolute Gasteiger partial charge is 0.419 e. The van der Waals surface area contributed by atoms with Gasteiger partial charge in [-0.05, 0) is 55.3 Å². The number of hydrogen-bond acceptors (Lipinski definition) is 5. The molecule has 2 aromatic heterocycles. The van der Waals surface area contributed by atoms with Gasteiger partial charge in [-0.3, -0.25) is 14.6 Å². The third-order valence-corrected chi connectivity index (χ3v) is 7.93. The number of likely N-dealkylation sites (tertiary alicyclic amines) is 1. The van der Waals surface area contributed by atoms with E-state index < -0.39 is 52.4 Å². The molecule has 1 N–H and O–H groups in total. The highest BCUT2D eigenvalue weighted by atomic mass is 19.4. The number of carbonyl (C=O) groups is 2. The van der Waals surface area contributed by atoms with Crippen LogP contribution in [0.4, 0.5) is 36.4 Å². The minimum Gasteiger partial charge on any atom is -0.337 e. The van der Waals surface area contributed by atoms with Crippen LogP contribution < -0.4 is 10.2 Å². The van der Waals surface area contributed by atoms with Gasteiger partial charge in [0.05, 0.1) is 29.3 Å². The van der Waals surface area contributed by atoms with E-state index in [0.717, 1.165) is 22.9 Å². The SMILES string of the molecule is O=C(c1cc(-c2ccncc2)n(-c2ccc(C(F)(F)F)c(F)c2)n1)N1CCC2(CC1)C(=O)NCN2c1ccc(F)c(F)c1F. The minimum atomic E-state index is -4.91. The van der Waals surface area contributed by atoms with E-state index in [2.05, 4.69) is 15.4 Å². The highest BCUT2D eigenvalue weighted by molar-refractivity contribution is 5.96. The van der Waals surface area contributed by atoms with Crippen LogP contribution in [0.15, 0.2) is 60.9 Å². The summed E-state index contributed by atoms with van der Waals surface area (Å²) < 4.78 is 97.3. The number of nitrogens with zero attached hydrogens (tertiary/aromatic N) is 5. The Morgan fingerprint density at radius 1 is 0.886 bits per heavy atom. The monoisotopic (exact) mass is 618 g/mol. The molecule has 44 heavy (non-hydrogen) atoms. The molecule has 8 nitrogen and oxygen atoms in total. The van der Waals surface area contributed by atoms with Gasteiger partial charge in [0.2, 0.25) is 5.91 Å². The number of rotatable bonds is 4. The molecule has 0 saturated carbocycles. The van der Waals surface area contributed by atoms with Crippen molar-refractivity contribution in [3.05, 3.63) is 95.5 Å². The lowest BCUT2D eigenvalue weighted by Crippen LogP contribution is -2.57. The molecule has 0 bridgehead atoms. The number of hydrogen-bond donors (Lipinski definition) is 1. The van der Waals surface area contributed by atoms with Crippen LogP contribution in [-0.2, 0) is 11.0 Å². The summed E-state index contributed by atoms with van der Waals surface area (Å²) >= 11 is 0. The fourth-order valence-corrected chi connectivity index (χ4v) is 5.64. The van der Waals surface area contributed by atoms with Gasteiger partial charge in [0, 0.05) is 37.1 Å². The maximum Gasteiger partial charge on any atom is 0.419 e. The Kier molecular flexibility index (Phi) is 7.05. The molecule has 2 aliphatic rings. The lowest BCUT2D eigenvalue weighted by Gasteiger charge is -2.43. The van der Waals surface area contributed by atoms with E-state index in [0.29, 0.717) is 17.7 Å². The highest BCUT2D eigenvalue weighted by Crippen LogP contribution is 2.39. The van der Waals surface area contributed by atoms with Crippen LogP contribution in [0.5, 0.6) is 0 Å². The quantitative estimate of drug-likeness (QED) is 0.255. The molecule has 0 atom stereocenters. The number of piperidine rings is 1. The first-order valence-corrected chi connectivity index (χ1v) is 13.3. The van der Waals surface area contributed by atoms with Gasteiger partial charge in [-0.25, -0.2) is 22.2 Å². The lowest BCUT2D eigenvalue weighted by atomic mass is 9.85. The van der Waals surface area contributed by atoms with Crippen LogP contribution >= 0.6 is 0 Å². The topological polar surface area (TPSA) is 83.4 Å². The smallest absolute Gasteiger partial charge is 0.337 e. The van der Waals surface area contributed by atoms with E-state index in [1.165, 1.54) is 28.3 Å². The number of amides is 2. The van der Waals surface area contributed by atoms with Crippen molar-refractivity contribution < 1.29 is 40.3 Å². The molecule has 4 aromatic rings. The Bertz CT molecular complexity index is 1770. The van der Waals surface area contributed by atoms with Crippen molar-refractivity contribution in [1.29, 1.82) is 0 Å². The number of anilines is 1. The molecule has 2 aliphatic heterocycles. The predicted octanol–water partition coefficient (Wildman–Crippen LogP) is 5.08. The summed E-state index contributed by atoms with van der Waals surface area (Å²) in [7, 11) is 0. The van der Waals surface area contributed by atoms with Crippen molar-refractivity contribution in [2.45, 2.75) is 24.6 Å². The Morgan fingerprint density at radius 2 is 1.59 bits per heavy atom. The molecule has 15 heteroatoms. The maximum atomic E-state index is 14.7. The van der Waals surface area contributed by atoms with Crippen LogP contribution in [-0.4, -0.2) is 56.8 Å². The molecular formula is C29H21F7N6O2. The Balaban J connectivity index is 1.29. The first-order valence-electron chi connectivity index (χ1n) is 13.3. The van der Waals surface area contributed by atoms with E-state index in [1.807, 2.05) is 0 Å². The summed E-state index contributed by atoms with van der Waals surface area (Å²) in [5.74, 6) is -7.03. The van der Waals surface area contributed by atoms with Gasteiger partial charge in [-0.1, -0.05) is 0 Å². The first kappa shape index (κ1) is 29.1. The normalized spacial score (nSPS) is 16.5. The van der Waals surface area contributed by atoms with Crippen molar-refractivity contribution in [3.8, 4) is 16.9 Å². The lowest BCUT2D eigenvalue weighted by molar-refractivity contribution is -0.140. The van der Waals surface area contributed by atoms with Crippen LogP contribution in [0, 0.1) is 23.3 Å². The second-order valence-electron chi connectivity index (χ2n) is 10.3. The van der Waals surface area contributed by atoms with E-state index in [9.17, 15) is 40.3 Å². The van der Waals surface area contributed by atoms with Gasteiger partial charge in [0.25, 0.3) is 5.91 Å². The molecule has 2 amide bonds. The highest BCUT2D eigenvalue weighted by Gasteiger charge is 2.52. The molecule has 0 radical (unpaired) electrons. The van der Waals surface area contributed by atoms with Crippen LogP contribution in [0.2, 0.25) is 0 Å². The second kappa shape index (κ2) is 10.6. The van der Waals surface area contributed by atoms with Crippen molar-refractivity contribution in [3.63, 3.8) is 0 Å². The van der Waals surface area contributed by atoms with Crippen molar-refractivity contribution in [2.75, 3.05) is 24.7 Å². The molecule has 0 aliphatic carbocycles. The van der Waals surface area contributed by atoms with Gasteiger partial charge in [0.15, 0.2) is 23.1 Å². The number of halogens is 7. The summed E-state index contributed by atoms with van der Waals surface area (Å²) in [5, 5.41) is 6.91. The number of pyridine rings is 1. The first-order chi connectivity index (χ1) is 20.9. The molecule has 2 saturated heterocycles. The Hall–Kier alpha value is -4.95. The molecule has 0 unspecified atom stereocenters. The van der Waals surface area contributed by atoms with Gasteiger partial charge in [-0.15, -0.1) is 0 Å².